The van der Waals surface area contributed by atoms with Gasteiger partial charge in [0.2, 0.25) is 5.88 Å². The molecule has 2 rings (SSSR count). The number of aliphatic hydroxyl groups excluding tert-OH is 2. The maximum atomic E-state index is 13.2. The van der Waals surface area contributed by atoms with E-state index in [1.54, 1.807) is 0 Å². The second-order valence-electron chi connectivity index (χ2n) is 4.90. The van der Waals surface area contributed by atoms with Gasteiger partial charge in [-0.1, -0.05) is 11.6 Å². The summed E-state index contributed by atoms with van der Waals surface area (Å²) in [5.41, 5.74) is -2.23. The lowest BCUT2D eigenvalue weighted by atomic mass is 10.1. The summed E-state index contributed by atoms with van der Waals surface area (Å²) >= 11 is 6.68. The summed E-state index contributed by atoms with van der Waals surface area (Å²) in [4.78, 5) is 16.7. The van der Waals surface area contributed by atoms with E-state index in [9.17, 15) is 23.1 Å². The third kappa shape index (κ3) is 3.77. The van der Waals surface area contributed by atoms with Crippen LogP contribution in [0.2, 0.25) is 5.02 Å². The normalized spacial score (nSPS) is 12.3. The average molecular weight is 385 g/mol. The molecule has 0 radical (unpaired) electrons. The van der Waals surface area contributed by atoms with Crippen LogP contribution in [0.15, 0.2) is 15.8 Å². The van der Waals surface area contributed by atoms with Gasteiger partial charge in [0.25, 0.3) is 0 Å². The van der Waals surface area contributed by atoms with Crippen LogP contribution < -0.4 is 5.69 Å². The van der Waals surface area contributed by atoms with Crippen LogP contribution in [0.4, 0.5) is 13.2 Å². The molecule has 1 heterocycles. The second-order valence-corrected chi connectivity index (χ2v) is 6.30. The number of H-pyrrole nitrogens is 1. The summed E-state index contributed by atoms with van der Waals surface area (Å²) < 4.78 is 39.5. The SMILES string of the molecule is O=c1nc(O)c2cc(C(F)(F)F)c(Cl)c(SCC(CO)CO)c2[nH]1. The first kappa shape index (κ1) is 18.8. The summed E-state index contributed by atoms with van der Waals surface area (Å²) in [6, 6.07) is 0.607. The number of fused-ring (bicyclic) bond motifs is 1. The molecule has 2 aromatic rings. The molecule has 11 heteroatoms. The van der Waals surface area contributed by atoms with E-state index in [2.05, 4.69) is 9.97 Å². The molecule has 0 fully saturated rings. The topological polar surface area (TPSA) is 106 Å². The highest BCUT2D eigenvalue weighted by molar-refractivity contribution is 7.99. The first-order valence-electron chi connectivity index (χ1n) is 6.56. The fraction of sp³-hybridized carbons (Fsp3) is 0.385. The molecular formula is C13H12ClF3N2O4S. The first-order valence-corrected chi connectivity index (χ1v) is 7.92. The number of nitrogens with one attached hydrogen (secondary N) is 1. The van der Waals surface area contributed by atoms with E-state index in [0.29, 0.717) is 6.07 Å². The van der Waals surface area contributed by atoms with Crippen molar-refractivity contribution in [2.24, 2.45) is 5.92 Å². The van der Waals surface area contributed by atoms with Crippen LogP contribution in [0, 0.1) is 5.92 Å². The minimum atomic E-state index is -4.78. The number of aromatic amines is 1. The molecule has 24 heavy (non-hydrogen) atoms. The Kier molecular flexibility index (Phi) is 5.63. The number of halogens is 4. The Balaban J connectivity index is 2.69. The number of hydrogen-bond acceptors (Lipinski definition) is 6. The highest BCUT2D eigenvalue weighted by Gasteiger charge is 2.36. The third-order valence-corrected chi connectivity index (χ3v) is 5.03. The van der Waals surface area contributed by atoms with E-state index in [-0.39, 0.29) is 34.8 Å². The number of nitrogens with zero attached hydrogens (tertiary/aromatic N) is 1. The van der Waals surface area contributed by atoms with Gasteiger partial charge in [0.05, 0.1) is 26.4 Å². The van der Waals surface area contributed by atoms with Crippen LogP contribution in [0.25, 0.3) is 10.9 Å². The van der Waals surface area contributed by atoms with E-state index in [1.165, 1.54) is 0 Å². The lowest BCUT2D eigenvalue weighted by Crippen LogP contribution is -2.15. The van der Waals surface area contributed by atoms with Crippen LogP contribution >= 0.6 is 23.4 Å². The van der Waals surface area contributed by atoms with Gasteiger partial charge in [-0.3, -0.25) is 0 Å². The molecule has 0 atom stereocenters. The monoisotopic (exact) mass is 384 g/mol. The van der Waals surface area contributed by atoms with Gasteiger partial charge in [-0.2, -0.15) is 18.2 Å². The average Bonchev–Trinajstić information content (AvgIpc) is 2.48. The van der Waals surface area contributed by atoms with Gasteiger partial charge in [0, 0.05) is 24.9 Å². The fourth-order valence-corrected chi connectivity index (χ4v) is 3.51. The van der Waals surface area contributed by atoms with E-state index < -0.39 is 34.3 Å². The van der Waals surface area contributed by atoms with Crippen molar-refractivity contribution >= 4 is 34.3 Å². The fourth-order valence-electron chi connectivity index (χ4n) is 1.93. The van der Waals surface area contributed by atoms with Crippen molar-refractivity contribution < 1.29 is 28.5 Å². The Morgan fingerprint density at radius 3 is 2.50 bits per heavy atom. The molecule has 6 nitrogen and oxygen atoms in total. The highest BCUT2D eigenvalue weighted by Crippen LogP contribution is 2.44. The predicted octanol–water partition coefficient (Wildman–Crippen LogP) is 1.99. The van der Waals surface area contributed by atoms with Crippen LogP contribution in [0.1, 0.15) is 5.56 Å². The summed E-state index contributed by atoms with van der Waals surface area (Å²) in [6.45, 7) is -0.747. The van der Waals surface area contributed by atoms with Crippen molar-refractivity contribution in [3.05, 3.63) is 27.1 Å². The zero-order valence-corrected chi connectivity index (χ0v) is 13.5. The van der Waals surface area contributed by atoms with E-state index in [1.807, 2.05) is 0 Å². The number of aromatic nitrogens is 2. The smallest absolute Gasteiger partial charge is 0.417 e. The molecule has 0 saturated carbocycles. The molecule has 0 bridgehead atoms. The Labute approximate surface area is 142 Å². The number of hydrogen-bond donors (Lipinski definition) is 4. The summed E-state index contributed by atoms with van der Waals surface area (Å²) in [7, 11) is 0. The molecule has 4 N–H and O–H groups in total. The molecule has 0 aliphatic carbocycles. The Morgan fingerprint density at radius 1 is 1.33 bits per heavy atom. The number of alkyl halides is 3. The maximum Gasteiger partial charge on any atom is 0.417 e. The van der Waals surface area contributed by atoms with Crippen molar-refractivity contribution in [2.45, 2.75) is 11.1 Å². The summed E-state index contributed by atoms with van der Waals surface area (Å²) in [5, 5.41) is 26.9. The molecule has 0 aliphatic heterocycles. The zero-order chi connectivity index (χ0) is 18.1. The maximum absolute atomic E-state index is 13.2. The molecule has 1 aromatic heterocycles. The van der Waals surface area contributed by atoms with Crippen molar-refractivity contribution in [1.82, 2.24) is 9.97 Å². The van der Waals surface area contributed by atoms with Crippen molar-refractivity contribution in [1.29, 1.82) is 0 Å². The minimum absolute atomic E-state index is 0.0498. The molecule has 0 aliphatic rings. The van der Waals surface area contributed by atoms with Crippen LogP contribution in [-0.2, 0) is 6.18 Å². The van der Waals surface area contributed by atoms with Crippen LogP contribution in [0.5, 0.6) is 5.88 Å². The minimum Gasteiger partial charge on any atom is -0.493 e. The van der Waals surface area contributed by atoms with Gasteiger partial charge < -0.3 is 20.3 Å². The van der Waals surface area contributed by atoms with E-state index in [4.69, 9.17) is 21.8 Å². The third-order valence-electron chi connectivity index (χ3n) is 3.19. The van der Waals surface area contributed by atoms with Crippen molar-refractivity contribution in [3.8, 4) is 5.88 Å². The van der Waals surface area contributed by atoms with Gasteiger partial charge in [0.15, 0.2) is 0 Å². The van der Waals surface area contributed by atoms with Gasteiger partial charge in [-0.05, 0) is 6.07 Å². The molecular weight excluding hydrogens is 373 g/mol. The molecule has 0 saturated heterocycles. The molecule has 0 spiro atoms. The van der Waals surface area contributed by atoms with Crippen LogP contribution in [-0.4, -0.2) is 44.3 Å². The lowest BCUT2D eigenvalue weighted by Gasteiger charge is -2.17. The Bertz CT molecular complexity index is 808. The molecule has 0 unspecified atom stereocenters. The Morgan fingerprint density at radius 2 is 1.96 bits per heavy atom. The number of benzene rings is 1. The largest absolute Gasteiger partial charge is 0.493 e. The zero-order valence-electron chi connectivity index (χ0n) is 11.9. The van der Waals surface area contributed by atoms with Gasteiger partial charge in [-0.25, -0.2) is 4.79 Å². The second kappa shape index (κ2) is 7.18. The van der Waals surface area contributed by atoms with Crippen LogP contribution in [0.3, 0.4) is 0 Å². The lowest BCUT2D eigenvalue weighted by molar-refractivity contribution is -0.137. The number of aromatic hydroxyl groups is 1. The first-order chi connectivity index (χ1) is 11.2. The van der Waals surface area contributed by atoms with Crippen molar-refractivity contribution in [3.63, 3.8) is 0 Å². The standard InChI is InChI=1S/C13H12ClF3N2O4S/c14-8-7(13(15,16)17)1-6-9(18-12(23)19-11(6)22)10(8)24-4-5(2-20)3-21/h1,5,20-21H,2-4H2,(H2,18,19,22,23). The van der Waals surface area contributed by atoms with Gasteiger partial charge in [-0.15, -0.1) is 11.8 Å². The molecule has 0 amide bonds. The number of aliphatic hydroxyl groups is 2. The summed E-state index contributed by atoms with van der Waals surface area (Å²) in [6.07, 6.45) is -4.78. The quantitative estimate of drug-likeness (QED) is 0.587. The van der Waals surface area contributed by atoms with Gasteiger partial charge >= 0.3 is 11.9 Å². The number of rotatable bonds is 5. The van der Waals surface area contributed by atoms with Gasteiger partial charge in [0.1, 0.15) is 0 Å². The molecule has 1 aromatic carbocycles. The van der Waals surface area contributed by atoms with Crippen molar-refractivity contribution in [2.75, 3.05) is 19.0 Å². The predicted molar refractivity (Wildman–Crippen MR) is 82.4 cm³/mol. The Hall–Kier alpha value is -1.49. The summed E-state index contributed by atoms with van der Waals surface area (Å²) in [5.74, 6) is -1.38. The van der Waals surface area contributed by atoms with E-state index in [0.717, 1.165) is 11.8 Å². The number of thioether (sulfide) groups is 1. The van der Waals surface area contributed by atoms with E-state index >= 15 is 0 Å². The molecule has 132 valence electrons. The highest BCUT2D eigenvalue weighted by atomic mass is 35.5.